The average molecular weight is 410 g/mol. The molecule has 1 aliphatic carbocycles. The van der Waals surface area contributed by atoms with E-state index >= 15 is 0 Å². The Kier molecular flexibility index (Phi) is 9.33. The van der Waals surface area contributed by atoms with Crippen molar-refractivity contribution in [3.63, 3.8) is 0 Å². The number of rotatable bonds is 10. The van der Waals surface area contributed by atoms with Crippen LogP contribution in [0.25, 0.3) is 0 Å². The third-order valence-electron chi connectivity index (χ3n) is 4.75. The molecule has 0 spiro atoms. The van der Waals surface area contributed by atoms with Crippen LogP contribution in [0.2, 0.25) is 0 Å². The van der Waals surface area contributed by atoms with Gasteiger partial charge in [-0.25, -0.2) is 9.59 Å². The van der Waals surface area contributed by atoms with Crippen molar-refractivity contribution in [1.29, 1.82) is 0 Å². The van der Waals surface area contributed by atoms with Gasteiger partial charge in [0.25, 0.3) is 0 Å². The zero-order chi connectivity index (χ0) is 22.2. The number of hydrogen-bond acceptors (Lipinski definition) is 6. The molecule has 2 amide bonds. The number of amides is 2. The molecular weight excluding hydrogens is 374 g/mol. The molecule has 0 heterocycles. The maximum Gasteiger partial charge on any atom is 0.328 e. The zero-order valence-corrected chi connectivity index (χ0v) is 18.2. The second-order valence-corrected chi connectivity index (χ2v) is 8.77. The fraction of sp³-hybridized carbons (Fsp3) is 0.714. The number of allylic oxidation sites excluding steroid dienone is 2. The third-order valence-corrected chi connectivity index (χ3v) is 4.75. The molecule has 8 nitrogen and oxygen atoms in total. The van der Waals surface area contributed by atoms with Gasteiger partial charge >= 0.3 is 12.0 Å². The number of ketones is 1. The number of carbonyl (C=O) groups excluding carboxylic acids is 3. The second kappa shape index (κ2) is 11.0. The van der Waals surface area contributed by atoms with Gasteiger partial charge in [-0.15, -0.1) is 0 Å². The molecule has 0 aliphatic heterocycles. The van der Waals surface area contributed by atoms with Crippen molar-refractivity contribution in [2.45, 2.75) is 72.3 Å². The smallest absolute Gasteiger partial charge is 0.328 e. The summed E-state index contributed by atoms with van der Waals surface area (Å²) in [6.07, 6.45) is 3.12. The van der Waals surface area contributed by atoms with Gasteiger partial charge < -0.3 is 20.9 Å². The fourth-order valence-corrected chi connectivity index (χ4v) is 3.49. The number of hydrogen-bond donors (Lipinski definition) is 3. The molecule has 1 rings (SSSR count). The molecule has 0 bridgehead atoms. The standard InChI is InChI=1S/C21H35N3O5/c1-13(2)10-15(18-16(25)11-21(3,4)12-17(18)26)23-9-7-6-8-14(19(27)29-5)24-20(22)28/h13-14,25H,6-12H2,1-5H3,(H3,22,24,28). The van der Waals surface area contributed by atoms with Gasteiger partial charge in [-0.1, -0.05) is 27.7 Å². The highest BCUT2D eigenvalue weighted by molar-refractivity contribution is 6.23. The average Bonchev–Trinajstić information content (AvgIpc) is 2.56. The minimum Gasteiger partial charge on any atom is -0.511 e. The minimum absolute atomic E-state index is 0.0606. The van der Waals surface area contributed by atoms with Gasteiger partial charge in [-0.2, -0.15) is 0 Å². The number of nitrogens with zero attached hydrogens (tertiary/aromatic N) is 1. The van der Waals surface area contributed by atoms with E-state index < -0.39 is 18.0 Å². The molecule has 0 aromatic carbocycles. The van der Waals surface area contributed by atoms with Crippen LogP contribution in [0, 0.1) is 11.3 Å². The Morgan fingerprint density at radius 2 is 1.93 bits per heavy atom. The third kappa shape index (κ3) is 8.25. The lowest BCUT2D eigenvalue weighted by atomic mass is 9.75. The predicted molar refractivity (Wildman–Crippen MR) is 112 cm³/mol. The molecule has 1 atom stereocenters. The number of aliphatic imine (C=N–C) groups is 1. The SMILES string of the molecule is COC(=O)C(CCCCN=C(CC(C)C)C1=C(O)CC(C)(C)CC1=O)NC(N)=O. The van der Waals surface area contributed by atoms with Crippen LogP contribution in [-0.4, -0.2) is 48.3 Å². The molecule has 164 valence electrons. The molecule has 0 aromatic rings. The van der Waals surface area contributed by atoms with E-state index in [1.807, 2.05) is 27.7 Å². The van der Waals surface area contributed by atoms with Gasteiger partial charge in [0.1, 0.15) is 11.8 Å². The highest BCUT2D eigenvalue weighted by atomic mass is 16.5. The van der Waals surface area contributed by atoms with Crippen LogP contribution in [0.5, 0.6) is 0 Å². The molecule has 1 unspecified atom stereocenters. The van der Waals surface area contributed by atoms with Crippen molar-refractivity contribution in [2.75, 3.05) is 13.7 Å². The Morgan fingerprint density at radius 1 is 1.28 bits per heavy atom. The van der Waals surface area contributed by atoms with E-state index in [-0.39, 0.29) is 17.0 Å². The lowest BCUT2D eigenvalue weighted by Gasteiger charge is -2.30. The van der Waals surface area contributed by atoms with Crippen molar-refractivity contribution in [3.05, 3.63) is 11.3 Å². The largest absolute Gasteiger partial charge is 0.511 e. The number of esters is 1. The molecule has 0 saturated heterocycles. The molecule has 4 N–H and O–H groups in total. The zero-order valence-electron chi connectivity index (χ0n) is 18.2. The van der Waals surface area contributed by atoms with Gasteiger partial charge in [-0.05, 0) is 37.0 Å². The summed E-state index contributed by atoms with van der Waals surface area (Å²) in [7, 11) is 1.25. The first-order chi connectivity index (χ1) is 13.5. The molecular formula is C21H35N3O5. The maximum absolute atomic E-state index is 12.6. The summed E-state index contributed by atoms with van der Waals surface area (Å²) in [5, 5.41) is 12.9. The Bertz CT molecular complexity index is 680. The highest BCUT2D eigenvalue weighted by Crippen LogP contribution is 2.36. The Hall–Kier alpha value is -2.38. The lowest BCUT2D eigenvalue weighted by molar-refractivity contribution is -0.143. The van der Waals surface area contributed by atoms with E-state index in [2.05, 4.69) is 15.0 Å². The molecule has 0 saturated carbocycles. The van der Waals surface area contributed by atoms with Crippen molar-refractivity contribution in [3.8, 4) is 0 Å². The van der Waals surface area contributed by atoms with Crippen molar-refractivity contribution >= 4 is 23.5 Å². The number of ether oxygens (including phenoxy) is 1. The Morgan fingerprint density at radius 3 is 2.45 bits per heavy atom. The van der Waals surface area contributed by atoms with Crippen LogP contribution in [0.3, 0.4) is 0 Å². The van der Waals surface area contributed by atoms with E-state index in [0.29, 0.717) is 62.3 Å². The number of methoxy groups -OCH3 is 1. The van der Waals surface area contributed by atoms with Gasteiger partial charge in [0.15, 0.2) is 5.78 Å². The number of primary amides is 1. The number of nitrogens with two attached hydrogens (primary N) is 1. The van der Waals surface area contributed by atoms with E-state index in [0.717, 1.165) is 0 Å². The lowest BCUT2D eigenvalue weighted by Crippen LogP contribution is -2.44. The summed E-state index contributed by atoms with van der Waals surface area (Å²) < 4.78 is 4.66. The van der Waals surface area contributed by atoms with E-state index in [1.54, 1.807) is 0 Å². The van der Waals surface area contributed by atoms with Crippen LogP contribution >= 0.6 is 0 Å². The number of nitrogens with one attached hydrogen (secondary N) is 1. The van der Waals surface area contributed by atoms with Gasteiger partial charge in [0.05, 0.1) is 12.7 Å². The Labute approximate surface area is 173 Å². The second-order valence-electron chi connectivity index (χ2n) is 8.77. The molecule has 0 radical (unpaired) electrons. The van der Waals surface area contributed by atoms with Crippen molar-refractivity contribution < 1.29 is 24.2 Å². The monoisotopic (exact) mass is 409 g/mol. The maximum atomic E-state index is 12.6. The normalized spacial score (nSPS) is 18.0. The van der Waals surface area contributed by atoms with Crippen LogP contribution in [0.15, 0.2) is 16.3 Å². The summed E-state index contributed by atoms with van der Waals surface area (Å²) in [5.41, 5.74) is 5.87. The highest BCUT2D eigenvalue weighted by Gasteiger charge is 2.35. The summed E-state index contributed by atoms with van der Waals surface area (Å²) in [6.45, 7) is 8.48. The summed E-state index contributed by atoms with van der Waals surface area (Å²) in [4.78, 5) is 39.9. The summed E-state index contributed by atoms with van der Waals surface area (Å²) >= 11 is 0. The van der Waals surface area contributed by atoms with E-state index in [1.165, 1.54) is 7.11 Å². The minimum atomic E-state index is -0.787. The first-order valence-corrected chi connectivity index (χ1v) is 10.1. The fourth-order valence-electron chi connectivity index (χ4n) is 3.49. The number of aliphatic hydroxyl groups is 1. The quantitative estimate of drug-likeness (QED) is 0.290. The summed E-state index contributed by atoms with van der Waals surface area (Å²) in [5.74, 6) is -0.185. The molecule has 0 aromatic heterocycles. The number of urea groups is 1. The molecule has 29 heavy (non-hydrogen) atoms. The molecule has 0 fully saturated rings. The number of carbonyl (C=O) groups is 3. The molecule has 8 heteroatoms. The van der Waals surface area contributed by atoms with Crippen LogP contribution < -0.4 is 11.1 Å². The van der Waals surface area contributed by atoms with Gasteiger partial charge in [0.2, 0.25) is 0 Å². The van der Waals surface area contributed by atoms with Crippen molar-refractivity contribution in [1.82, 2.24) is 5.32 Å². The van der Waals surface area contributed by atoms with Crippen LogP contribution in [0.1, 0.15) is 66.2 Å². The van der Waals surface area contributed by atoms with Gasteiger partial charge in [0, 0.05) is 25.1 Å². The number of unbranched alkanes of at least 4 members (excludes halogenated alkanes) is 1. The molecule has 1 aliphatic rings. The number of aliphatic hydroxyl groups excluding tert-OH is 1. The summed E-state index contributed by atoms with van der Waals surface area (Å²) in [6, 6.07) is -1.57. The van der Waals surface area contributed by atoms with E-state index in [4.69, 9.17) is 5.73 Å². The van der Waals surface area contributed by atoms with Crippen molar-refractivity contribution in [2.24, 2.45) is 22.1 Å². The van der Waals surface area contributed by atoms with Gasteiger partial charge in [-0.3, -0.25) is 9.79 Å². The first kappa shape index (κ1) is 24.7. The number of Topliss-reactive ketones (excluding diaryl/α,β-unsaturated/α-hetero) is 1. The van der Waals surface area contributed by atoms with E-state index in [9.17, 15) is 19.5 Å². The first-order valence-electron chi connectivity index (χ1n) is 10.1. The Balaban J connectivity index is 2.79. The predicted octanol–water partition coefficient (Wildman–Crippen LogP) is 3.05. The van der Waals surface area contributed by atoms with Crippen LogP contribution in [-0.2, 0) is 14.3 Å². The topological polar surface area (TPSA) is 131 Å². The van der Waals surface area contributed by atoms with Crippen LogP contribution in [0.4, 0.5) is 4.79 Å².